The smallest absolute Gasteiger partial charge is 0.221 e. The lowest BCUT2D eigenvalue weighted by Gasteiger charge is -2.30. The van der Waals surface area contributed by atoms with E-state index in [2.05, 4.69) is 47.9 Å². The molecule has 25 heavy (non-hydrogen) atoms. The van der Waals surface area contributed by atoms with Gasteiger partial charge >= 0.3 is 0 Å². The molecule has 3 rings (SSSR count). The van der Waals surface area contributed by atoms with Crippen molar-refractivity contribution in [2.45, 2.75) is 47.1 Å². The summed E-state index contributed by atoms with van der Waals surface area (Å²) < 4.78 is 1.63. The van der Waals surface area contributed by atoms with Crippen LogP contribution in [0.4, 0.5) is 5.95 Å². The predicted octanol–water partition coefficient (Wildman–Crippen LogP) is 3.50. The second-order valence-corrected chi connectivity index (χ2v) is 7.42. The SMILES string of the molecule is Cc1cn(N=Cc2cc(CN3CCC(C)CC3)c(C)cc2C)c(N)n1. The molecule has 2 heterocycles. The first kappa shape index (κ1) is 17.7. The van der Waals surface area contributed by atoms with Gasteiger partial charge in [-0.15, -0.1) is 0 Å². The standard InChI is InChI=1S/C20H29N5/c1-14-5-7-24(8-6-14)13-19-10-18(15(2)9-16(19)3)11-22-25-12-17(4)23-20(25)21/h9-12,14H,5-8,13H2,1-4H3,(H2,21,23). The van der Waals surface area contributed by atoms with E-state index in [-0.39, 0.29) is 0 Å². The average molecular weight is 339 g/mol. The third-order valence-corrected chi connectivity index (χ3v) is 5.15. The van der Waals surface area contributed by atoms with Gasteiger partial charge in [0, 0.05) is 6.54 Å². The van der Waals surface area contributed by atoms with Gasteiger partial charge in [-0.25, -0.2) is 9.66 Å². The van der Waals surface area contributed by atoms with Crippen molar-refractivity contribution >= 4 is 12.2 Å². The number of aryl methyl sites for hydroxylation is 3. The molecule has 0 unspecified atom stereocenters. The van der Waals surface area contributed by atoms with Crippen LogP contribution in [0.1, 0.15) is 47.7 Å². The van der Waals surface area contributed by atoms with Crippen molar-refractivity contribution in [3.63, 3.8) is 0 Å². The summed E-state index contributed by atoms with van der Waals surface area (Å²) >= 11 is 0. The van der Waals surface area contributed by atoms with Crippen LogP contribution in [0.25, 0.3) is 0 Å². The molecule has 0 aliphatic carbocycles. The Morgan fingerprint density at radius 3 is 2.56 bits per heavy atom. The van der Waals surface area contributed by atoms with Crippen LogP contribution in [0.3, 0.4) is 0 Å². The van der Waals surface area contributed by atoms with Gasteiger partial charge < -0.3 is 5.73 Å². The van der Waals surface area contributed by atoms with E-state index in [0.29, 0.717) is 5.95 Å². The van der Waals surface area contributed by atoms with Crippen LogP contribution in [0, 0.1) is 26.7 Å². The minimum absolute atomic E-state index is 0.418. The Bertz CT molecular complexity index is 767. The largest absolute Gasteiger partial charge is 0.368 e. The van der Waals surface area contributed by atoms with Crippen molar-refractivity contribution in [3.8, 4) is 0 Å². The maximum absolute atomic E-state index is 5.86. The summed E-state index contributed by atoms with van der Waals surface area (Å²) in [6, 6.07) is 4.53. The molecule has 1 aliphatic rings. The number of aromatic nitrogens is 2. The first-order valence-corrected chi connectivity index (χ1v) is 9.10. The molecule has 2 aromatic rings. The topological polar surface area (TPSA) is 59.4 Å². The molecule has 1 aromatic heterocycles. The van der Waals surface area contributed by atoms with Gasteiger partial charge in [0.05, 0.1) is 18.1 Å². The van der Waals surface area contributed by atoms with Crippen LogP contribution in [0.2, 0.25) is 0 Å². The van der Waals surface area contributed by atoms with E-state index < -0.39 is 0 Å². The number of nitrogens with two attached hydrogens (primary N) is 1. The van der Waals surface area contributed by atoms with E-state index in [9.17, 15) is 0 Å². The van der Waals surface area contributed by atoms with Gasteiger partial charge in [-0.2, -0.15) is 5.10 Å². The molecule has 5 nitrogen and oxygen atoms in total. The van der Waals surface area contributed by atoms with Gasteiger partial charge in [-0.3, -0.25) is 4.90 Å². The van der Waals surface area contributed by atoms with Gasteiger partial charge in [-0.05, 0) is 80.9 Å². The van der Waals surface area contributed by atoms with Crippen LogP contribution in [0.5, 0.6) is 0 Å². The van der Waals surface area contributed by atoms with Crippen LogP contribution in [-0.4, -0.2) is 33.9 Å². The highest BCUT2D eigenvalue weighted by molar-refractivity contribution is 5.82. The van der Waals surface area contributed by atoms with Crippen molar-refractivity contribution in [3.05, 3.63) is 46.3 Å². The zero-order chi connectivity index (χ0) is 18.0. The fourth-order valence-corrected chi connectivity index (χ4v) is 3.41. The Kier molecular flexibility index (Phi) is 5.23. The van der Waals surface area contributed by atoms with E-state index in [0.717, 1.165) is 23.7 Å². The number of rotatable bonds is 4. The van der Waals surface area contributed by atoms with Gasteiger partial charge in [0.25, 0.3) is 0 Å². The predicted molar refractivity (Wildman–Crippen MR) is 104 cm³/mol. The number of anilines is 1. The Hall–Kier alpha value is -2.14. The third kappa shape index (κ3) is 4.28. The van der Waals surface area contributed by atoms with E-state index in [4.69, 9.17) is 5.73 Å². The summed E-state index contributed by atoms with van der Waals surface area (Å²) in [4.78, 5) is 6.75. The first-order valence-electron chi connectivity index (χ1n) is 9.10. The fraction of sp³-hybridized carbons (Fsp3) is 0.500. The summed E-state index contributed by atoms with van der Waals surface area (Å²) in [6.45, 7) is 12.0. The molecule has 2 N–H and O–H groups in total. The molecule has 1 saturated heterocycles. The molecule has 0 atom stereocenters. The fourth-order valence-electron chi connectivity index (χ4n) is 3.41. The van der Waals surface area contributed by atoms with Gasteiger partial charge in [0.1, 0.15) is 0 Å². The summed E-state index contributed by atoms with van der Waals surface area (Å²) in [7, 11) is 0. The third-order valence-electron chi connectivity index (χ3n) is 5.15. The van der Waals surface area contributed by atoms with Gasteiger partial charge in [0.2, 0.25) is 5.95 Å². The lowest BCUT2D eigenvalue weighted by molar-refractivity contribution is 0.185. The summed E-state index contributed by atoms with van der Waals surface area (Å²) in [5.74, 6) is 1.28. The lowest BCUT2D eigenvalue weighted by Crippen LogP contribution is -2.32. The van der Waals surface area contributed by atoms with Gasteiger partial charge in [0.15, 0.2) is 0 Å². The second-order valence-electron chi connectivity index (χ2n) is 7.42. The zero-order valence-electron chi connectivity index (χ0n) is 15.8. The quantitative estimate of drug-likeness (QED) is 0.867. The monoisotopic (exact) mass is 339 g/mol. The van der Waals surface area contributed by atoms with Crippen LogP contribution in [0.15, 0.2) is 23.4 Å². The number of hydrogen-bond acceptors (Lipinski definition) is 4. The van der Waals surface area contributed by atoms with Gasteiger partial charge in [-0.1, -0.05) is 13.0 Å². The highest BCUT2D eigenvalue weighted by Crippen LogP contribution is 2.21. The van der Waals surface area contributed by atoms with E-state index in [1.165, 1.54) is 42.6 Å². The summed E-state index contributed by atoms with van der Waals surface area (Å²) in [5, 5.41) is 4.48. The molecule has 0 saturated carbocycles. The normalized spacial score (nSPS) is 16.8. The molecule has 0 amide bonds. The van der Waals surface area contributed by atoms with Crippen LogP contribution < -0.4 is 5.73 Å². The molecule has 0 radical (unpaired) electrons. The Morgan fingerprint density at radius 1 is 1.20 bits per heavy atom. The number of benzene rings is 1. The van der Waals surface area contributed by atoms with Crippen molar-refractivity contribution in [1.29, 1.82) is 0 Å². The molecule has 0 spiro atoms. The second kappa shape index (κ2) is 7.40. The Morgan fingerprint density at radius 2 is 1.92 bits per heavy atom. The molecule has 134 valence electrons. The Labute approximate surface area is 150 Å². The molecular formula is C20H29N5. The molecule has 1 aromatic carbocycles. The highest BCUT2D eigenvalue weighted by atomic mass is 15.4. The maximum Gasteiger partial charge on any atom is 0.221 e. The van der Waals surface area contributed by atoms with Crippen molar-refractivity contribution in [1.82, 2.24) is 14.6 Å². The van der Waals surface area contributed by atoms with Crippen molar-refractivity contribution < 1.29 is 0 Å². The number of likely N-dealkylation sites (tertiary alicyclic amines) is 1. The van der Waals surface area contributed by atoms with E-state index >= 15 is 0 Å². The number of imidazole rings is 1. The minimum Gasteiger partial charge on any atom is -0.368 e. The first-order chi connectivity index (χ1) is 11.9. The number of piperidine rings is 1. The van der Waals surface area contributed by atoms with Crippen LogP contribution in [-0.2, 0) is 6.54 Å². The molecular weight excluding hydrogens is 310 g/mol. The molecule has 1 fully saturated rings. The van der Waals surface area contributed by atoms with Crippen LogP contribution >= 0.6 is 0 Å². The Balaban J connectivity index is 1.79. The van der Waals surface area contributed by atoms with E-state index in [1.807, 2.05) is 19.3 Å². The number of hydrogen-bond donors (Lipinski definition) is 1. The van der Waals surface area contributed by atoms with Crippen molar-refractivity contribution in [2.24, 2.45) is 11.0 Å². The van der Waals surface area contributed by atoms with E-state index in [1.54, 1.807) is 4.68 Å². The molecule has 0 bridgehead atoms. The summed E-state index contributed by atoms with van der Waals surface area (Å²) in [6.07, 6.45) is 6.33. The molecule has 1 aliphatic heterocycles. The van der Waals surface area contributed by atoms with Crippen molar-refractivity contribution in [2.75, 3.05) is 18.8 Å². The minimum atomic E-state index is 0.418. The number of nitrogen functional groups attached to an aromatic ring is 1. The maximum atomic E-state index is 5.86. The lowest BCUT2D eigenvalue weighted by atomic mass is 9.96. The highest BCUT2D eigenvalue weighted by Gasteiger charge is 2.16. The zero-order valence-corrected chi connectivity index (χ0v) is 15.8. The summed E-state index contributed by atoms with van der Waals surface area (Å²) in [5.41, 5.74) is 11.8. The average Bonchev–Trinajstić information content (AvgIpc) is 2.88. The molecule has 5 heteroatoms. The number of nitrogens with zero attached hydrogens (tertiary/aromatic N) is 4.